The van der Waals surface area contributed by atoms with E-state index in [0.29, 0.717) is 27.3 Å². The van der Waals surface area contributed by atoms with E-state index in [0.717, 1.165) is 11.4 Å². The molecule has 0 fully saturated rings. The number of carbonyl (C=O) groups excluding carboxylic acids is 2. The van der Waals surface area contributed by atoms with E-state index in [1.807, 2.05) is 31.2 Å². The summed E-state index contributed by atoms with van der Waals surface area (Å²) in [5.74, 6) is 0.785. The molecular weight excluding hydrogens is 408 g/mol. The third-order valence-electron chi connectivity index (χ3n) is 3.74. The Morgan fingerprint density at radius 3 is 2.59 bits per heavy atom. The molecule has 0 saturated heterocycles. The number of Topliss-reactive ketones (excluding diaryl/α,β-unsaturated/α-hetero) is 1. The molecule has 1 heterocycles. The molecule has 150 valence electrons. The number of para-hydroxylation sites is 2. The molecule has 7 nitrogen and oxygen atoms in total. The van der Waals surface area contributed by atoms with Crippen molar-refractivity contribution in [2.45, 2.75) is 18.2 Å². The number of amides is 1. The van der Waals surface area contributed by atoms with E-state index in [9.17, 15) is 9.59 Å². The molecule has 0 saturated carbocycles. The number of ether oxygens (including phenoxy) is 1. The second-order valence-corrected chi connectivity index (χ2v) is 8.10. The number of carbonyl (C=O) groups is 2. The molecule has 0 unspecified atom stereocenters. The van der Waals surface area contributed by atoms with Gasteiger partial charge in [-0.3, -0.25) is 9.59 Å². The van der Waals surface area contributed by atoms with Gasteiger partial charge in [0.15, 0.2) is 10.1 Å². The maximum Gasteiger partial charge on any atom is 0.234 e. The Morgan fingerprint density at radius 2 is 1.86 bits per heavy atom. The van der Waals surface area contributed by atoms with Gasteiger partial charge in [-0.15, -0.1) is 10.2 Å². The van der Waals surface area contributed by atoms with Crippen LogP contribution < -0.4 is 15.4 Å². The Balaban J connectivity index is 1.52. The van der Waals surface area contributed by atoms with Crippen LogP contribution in [0.3, 0.4) is 0 Å². The summed E-state index contributed by atoms with van der Waals surface area (Å²) in [6, 6.07) is 14.4. The van der Waals surface area contributed by atoms with E-state index in [4.69, 9.17) is 4.74 Å². The summed E-state index contributed by atoms with van der Waals surface area (Å²) in [5, 5.41) is 14.8. The Kier molecular flexibility index (Phi) is 7.20. The summed E-state index contributed by atoms with van der Waals surface area (Å²) in [4.78, 5) is 23.4. The molecule has 0 bridgehead atoms. The Morgan fingerprint density at radius 1 is 1.10 bits per heavy atom. The molecule has 0 atom stereocenters. The van der Waals surface area contributed by atoms with Crippen LogP contribution in [0.5, 0.6) is 5.75 Å². The molecule has 0 aliphatic carbocycles. The van der Waals surface area contributed by atoms with Gasteiger partial charge in [-0.25, -0.2) is 0 Å². The highest BCUT2D eigenvalue weighted by atomic mass is 32.2. The molecule has 9 heteroatoms. The van der Waals surface area contributed by atoms with Gasteiger partial charge in [0.25, 0.3) is 0 Å². The second-order valence-electron chi connectivity index (χ2n) is 5.90. The van der Waals surface area contributed by atoms with Crippen LogP contribution in [0, 0.1) is 0 Å². The number of nitrogens with one attached hydrogen (secondary N) is 2. The van der Waals surface area contributed by atoms with Gasteiger partial charge >= 0.3 is 0 Å². The lowest BCUT2D eigenvalue weighted by molar-refractivity contribution is -0.113. The number of hydrogen-bond donors (Lipinski definition) is 2. The summed E-state index contributed by atoms with van der Waals surface area (Å²) in [5.41, 5.74) is 2.07. The molecule has 0 radical (unpaired) electrons. The Labute approximate surface area is 176 Å². The molecule has 3 rings (SSSR count). The quantitative estimate of drug-likeness (QED) is 0.380. The predicted molar refractivity (Wildman–Crippen MR) is 117 cm³/mol. The maximum absolute atomic E-state index is 12.1. The zero-order valence-electron chi connectivity index (χ0n) is 16.0. The van der Waals surface area contributed by atoms with Gasteiger partial charge in [0, 0.05) is 11.3 Å². The molecule has 0 aliphatic rings. The number of nitrogens with zero attached hydrogens (tertiary/aromatic N) is 2. The summed E-state index contributed by atoms with van der Waals surface area (Å²) in [6.45, 7) is 4.01. The maximum atomic E-state index is 12.1. The standard InChI is InChI=1S/C20H20N4O3S2/c1-3-27-17-7-5-4-6-16(17)22-19-23-24-20(29-19)28-12-18(26)21-15-10-8-14(9-11-15)13(2)25/h4-11H,3,12H2,1-2H3,(H,21,26)(H,22,23). The summed E-state index contributed by atoms with van der Waals surface area (Å²) in [6.07, 6.45) is 0. The number of ketones is 1. The van der Waals surface area contributed by atoms with E-state index in [1.165, 1.54) is 30.0 Å². The number of aromatic nitrogens is 2. The van der Waals surface area contributed by atoms with Crippen molar-refractivity contribution >= 4 is 51.3 Å². The van der Waals surface area contributed by atoms with Crippen molar-refractivity contribution < 1.29 is 14.3 Å². The number of thioether (sulfide) groups is 1. The zero-order valence-corrected chi connectivity index (χ0v) is 17.6. The molecule has 29 heavy (non-hydrogen) atoms. The van der Waals surface area contributed by atoms with E-state index >= 15 is 0 Å². The van der Waals surface area contributed by atoms with E-state index in [1.54, 1.807) is 24.3 Å². The minimum Gasteiger partial charge on any atom is -0.492 e. The highest BCUT2D eigenvalue weighted by Gasteiger charge is 2.11. The van der Waals surface area contributed by atoms with Gasteiger partial charge in [0.05, 0.1) is 18.0 Å². The minimum atomic E-state index is -0.156. The van der Waals surface area contributed by atoms with E-state index in [2.05, 4.69) is 20.8 Å². The third kappa shape index (κ3) is 6.03. The molecule has 1 amide bonds. The smallest absolute Gasteiger partial charge is 0.234 e. The largest absolute Gasteiger partial charge is 0.492 e. The third-order valence-corrected chi connectivity index (χ3v) is 5.71. The first-order chi connectivity index (χ1) is 14.0. The van der Waals surface area contributed by atoms with E-state index < -0.39 is 0 Å². The summed E-state index contributed by atoms with van der Waals surface area (Å²) in [7, 11) is 0. The van der Waals surface area contributed by atoms with Crippen molar-refractivity contribution in [3.63, 3.8) is 0 Å². The summed E-state index contributed by atoms with van der Waals surface area (Å²) >= 11 is 2.67. The highest BCUT2D eigenvalue weighted by molar-refractivity contribution is 8.01. The second kappa shape index (κ2) is 10.0. The number of benzene rings is 2. The van der Waals surface area contributed by atoms with Crippen molar-refractivity contribution in [2.75, 3.05) is 23.0 Å². The first kappa shape index (κ1) is 20.8. The fourth-order valence-corrected chi connectivity index (χ4v) is 3.96. The first-order valence-corrected chi connectivity index (χ1v) is 10.7. The Bertz CT molecular complexity index is 989. The lowest BCUT2D eigenvalue weighted by Gasteiger charge is -2.09. The number of hydrogen-bond acceptors (Lipinski definition) is 8. The molecule has 0 spiro atoms. The monoisotopic (exact) mass is 428 g/mol. The van der Waals surface area contributed by atoms with Crippen LogP contribution in [0.4, 0.5) is 16.5 Å². The van der Waals surface area contributed by atoms with Crippen LogP contribution in [-0.2, 0) is 4.79 Å². The number of anilines is 3. The van der Waals surface area contributed by atoms with Crippen molar-refractivity contribution in [1.29, 1.82) is 0 Å². The van der Waals surface area contributed by atoms with Crippen LogP contribution >= 0.6 is 23.1 Å². The zero-order chi connectivity index (χ0) is 20.6. The van der Waals surface area contributed by atoms with Crippen LogP contribution in [-0.4, -0.2) is 34.2 Å². The predicted octanol–water partition coefficient (Wildman–Crippen LogP) is 4.61. The first-order valence-electron chi connectivity index (χ1n) is 8.91. The normalized spacial score (nSPS) is 10.4. The molecule has 1 aromatic heterocycles. The van der Waals surface area contributed by atoms with Crippen molar-refractivity contribution in [1.82, 2.24) is 10.2 Å². The average Bonchev–Trinajstić information content (AvgIpc) is 3.16. The van der Waals surface area contributed by atoms with Gasteiger partial charge in [-0.2, -0.15) is 0 Å². The lowest BCUT2D eigenvalue weighted by Crippen LogP contribution is -2.14. The molecule has 3 aromatic rings. The summed E-state index contributed by atoms with van der Waals surface area (Å²) < 4.78 is 6.27. The van der Waals surface area contributed by atoms with Crippen LogP contribution in [0.2, 0.25) is 0 Å². The van der Waals surface area contributed by atoms with Crippen LogP contribution in [0.15, 0.2) is 52.9 Å². The van der Waals surface area contributed by atoms with Crippen molar-refractivity contribution in [3.05, 3.63) is 54.1 Å². The van der Waals surface area contributed by atoms with Gasteiger partial charge in [0.2, 0.25) is 11.0 Å². The fourth-order valence-electron chi connectivity index (χ4n) is 2.40. The molecule has 2 N–H and O–H groups in total. The molecular formula is C20H20N4O3S2. The minimum absolute atomic E-state index is 0.0111. The average molecular weight is 429 g/mol. The Hall–Kier alpha value is -2.91. The molecule has 2 aromatic carbocycles. The lowest BCUT2D eigenvalue weighted by atomic mass is 10.1. The highest BCUT2D eigenvalue weighted by Crippen LogP contribution is 2.31. The topological polar surface area (TPSA) is 93.2 Å². The van der Waals surface area contributed by atoms with E-state index in [-0.39, 0.29) is 17.4 Å². The fraction of sp³-hybridized carbons (Fsp3) is 0.200. The SMILES string of the molecule is CCOc1ccccc1Nc1nnc(SCC(=O)Nc2ccc(C(C)=O)cc2)s1. The van der Waals surface area contributed by atoms with Gasteiger partial charge in [-0.05, 0) is 50.2 Å². The van der Waals surface area contributed by atoms with Gasteiger partial charge in [-0.1, -0.05) is 35.2 Å². The number of rotatable bonds is 9. The van der Waals surface area contributed by atoms with Crippen LogP contribution in [0.1, 0.15) is 24.2 Å². The van der Waals surface area contributed by atoms with Gasteiger partial charge < -0.3 is 15.4 Å². The van der Waals surface area contributed by atoms with Crippen molar-refractivity contribution in [2.24, 2.45) is 0 Å². The van der Waals surface area contributed by atoms with Crippen LogP contribution in [0.25, 0.3) is 0 Å². The van der Waals surface area contributed by atoms with Gasteiger partial charge in [0.1, 0.15) is 5.75 Å². The van der Waals surface area contributed by atoms with Crippen molar-refractivity contribution in [3.8, 4) is 5.75 Å². The molecule has 0 aliphatic heterocycles.